The minimum atomic E-state index is -1.44. The summed E-state index contributed by atoms with van der Waals surface area (Å²) in [4.78, 5) is 29.6. The maximum absolute atomic E-state index is 12.2. The first-order valence-corrected chi connectivity index (χ1v) is 6.80. The normalized spacial score (nSPS) is 10.7. The Balaban J connectivity index is 2.02. The van der Waals surface area contributed by atoms with Crippen LogP contribution in [-0.4, -0.2) is 37.6 Å². The Kier molecular flexibility index (Phi) is 3.67. The zero-order valence-electron chi connectivity index (χ0n) is 12.1. The molecular weight excluding hydrogens is 302 g/mol. The molecule has 23 heavy (non-hydrogen) atoms. The molecule has 0 saturated heterocycles. The van der Waals surface area contributed by atoms with Gasteiger partial charge in [-0.1, -0.05) is 0 Å². The van der Waals surface area contributed by atoms with Crippen molar-refractivity contribution in [1.82, 2.24) is 19.7 Å². The van der Waals surface area contributed by atoms with E-state index >= 15 is 0 Å². The Labute approximate surface area is 129 Å². The van der Waals surface area contributed by atoms with Crippen LogP contribution in [0.5, 0.6) is 5.75 Å². The van der Waals surface area contributed by atoms with Gasteiger partial charge in [-0.15, -0.1) is 0 Å². The summed E-state index contributed by atoms with van der Waals surface area (Å²) in [5, 5.41) is 16.1. The fourth-order valence-electron chi connectivity index (χ4n) is 2.12. The molecule has 3 rings (SSSR count). The van der Waals surface area contributed by atoms with Crippen LogP contribution < -0.4 is 15.6 Å². The SMILES string of the molecule is CCNc1ccc2nc(-n3cc(OC(=O)O)cn3)[nH]c(=O)c2c1. The number of hydrogen-bond donors (Lipinski definition) is 3. The predicted octanol–water partition coefficient (Wildman–Crippen LogP) is 1.60. The third kappa shape index (κ3) is 2.98. The molecule has 2 aromatic heterocycles. The van der Waals surface area contributed by atoms with Gasteiger partial charge in [-0.2, -0.15) is 5.10 Å². The van der Waals surface area contributed by atoms with Crippen molar-refractivity contribution in [2.45, 2.75) is 6.92 Å². The Morgan fingerprint density at radius 1 is 1.48 bits per heavy atom. The standard InChI is InChI=1S/C14H13N5O4/c1-2-15-8-3-4-11-10(5-8)12(20)18-13(17-11)19-7-9(6-16-19)23-14(21)22/h3-7,15H,2H2,1H3,(H,21,22)(H,17,18,20). The molecule has 0 unspecified atom stereocenters. The van der Waals surface area contributed by atoms with E-state index in [-0.39, 0.29) is 17.3 Å². The number of benzene rings is 1. The number of rotatable bonds is 4. The smallest absolute Gasteiger partial charge is 0.449 e. The van der Waals surface area contributed by atoms with Crippen LogP contribution in [-0.2, 0) is 0 Å². The van der Waals surface area contributed by atoms with Gasteiger partial charge in [0, 0.05) is 12.2 Å². The van der Waals surface area contributed by atoms with E-state index < -0.39 is 6.16 Å². The zero-order valence-corrected chi connectivity index (χ0v) is 12.1. The summed E-state index contributed by atoms with van der Waals surface area (Å²) in [7, 11) is 0. The summed E-state index contributed by atoms with van der Waals surface area (Å²) in [6.07, 6.45) is 1.08. The average molecular weight is 315 g/mol. The molecule has 1 aromatic carbocycles. The molecule has 0 fully saturated rings. The van der Waals surface area contributed by atoms with Crippen molar-refractivity contribution in [3.05, 3.63) is 40.9 Å². The van der Waals surface area contributed by atoms with E-state index in [1.54, 1.807) is 12.1 Å². The van der Waals surface area contributed by atoms with Crippen molar-refractivity contribution >= 4 is 22.7 Å². The number of ether oxygens (including phenoxy) is 1. The van der Waals surface area contributed by atoms with E-state index in [4.69, 9.17) is 5.11 Å². The van der Waals surface area contributed by atoms with Gasteiger partial charge in [-0.3, -0.25) is 9.78 Å². The summed E-state index contributed by atoms with van der Waals surface area (Å²) < 4.78 is 5.72. The van der Waals surface area contributed by atoms with Gasteiger partial charge in [0.1, 0.15) is 0 Å². The monoisotopic (exact) mass is 315 g/mol. The maximum atomic E-state index is 12.2. The van der Waals surface area contributed by atoms with Crippen LogP contribution in [0.25, 0.3) is 16.9 Å². The number of aromatic nitrogens is 4. The van der Waals surface area contributed by atoms with Crippen LogP contribution in [0.1, 0.15) is 6.92 Å². The molecule has 0 aliphatic rings. The van der Waals surface area contributed by atoms with Crippen LogP contribution >= 0.6 is 0 Å². The molecule has 0 bridgehead atoms. The zero-order chi connectivity index (χ0) is 16.4. The predicted molar refractivity (Wildman–Crippen MR) is 82.3 cm³/mol. The van der Waals surface area contributed by atoms with Crippen molar-refractivity contribution in [2.75, 3.05) is 11.9 Å². The molecule has 0 amide bonds. The lowest BCUT2D eigenvalue weighted by atomic mass is 10.2. The Hall–Kier alpha value is -3.36. The van der Waals surface area contributed by atoms with Gasteiger partial charge >= 0.3 is 6.16 Å². The highest BCUT2D eigenvalue weighted by molar-refractivity contribution is 5.81. The number of aromatic amines is 1. The molecule has 0 saturated carbocycles. The second-order valence-corrected chi connectivity index (χ2v) is 4.64. The molecule has 0 atom stereocenters. The lowest BCUT2D eigenvalue weighted by Crippen LogP contribution is -2.14. The average Bonchev–Trinajstić information content (AvgIpc) is 2.95. The summed E-state index contributed by atoms with van der Waals surface area (Å²) in [5.41, 5.74) is 1.01. The maximum Gasteiger partial charge on any atom is 0.511 e. The van der Waals surface area contributed by atoms with Crippen LogP contribution in [0.4, 0.5) is 10.5 Å². The van der Waals surface area contributed by atoms with E-state index in [0.29, 0.717) is 10.9 Å². The highest BCUT2D eigenvalue weighted by atomic mass is 16.7. The van der Waals surface area contributed by atoms with Gasteiger partial charge in [0.25, 0.3) is 5.56 Å². The lowest BCUT2D eigenvalue weighted by Gasteiger charge is -2.06. The van der Waals surface area contributed by atoms with E-state index in [1.165, 1.54) is 17.1 Å². The molecule has 0 aliphatic carbocycles. The molecule has 0 radical (unpaired) electrons. The molecule has 2 heterocycles. The van der Waals surface area contributed by atoms with E-state index in [1.807, 2.05) is 13.0 Å². The molecule has 0 aliphatic heterocycles. The largest absolute Gasteiger partial charge is 0.511 e. The second kappa shape index (κ2) is 5.79. The molecule has 3 aromatic rings. The summed E-state index contributed by atoms with van der Waals surface area (Å²) in [6, 6.07) is 5.27. The topological polar surface area (TPSA) is 122 Å². The fourth-order valence-corrected chi connectivity index (χ4v) is 2.12. The van der Waals surface area contributed by atoms with Crippen LogP contribution in [0.3, 0.4) is 0 Å². The summed E-state index contributed by atoms with van der Waals surface area (Å²) in [5.74, 6) is 0.196. The number of nitrogens with zero attached hydrogens (tertiary/aromatic N) is 3. The number of carboxylic acid groups (broad SMARTS) is 1. The second-order valence-electron chi connectivity index (χ2n) is 4.64. The van der Waals surface area contributed by atoms with E-state index in [2.05, 4.69) is 25.1 Å². The molecule has 3 N–H and O–H groups in total. The number of H-pyrrole nitrogens is 1. The minimum Gasteiger partial charge on any atom is -0.449 e. The van der Waals surface area contributed by atoms with Gasteiger partial charge in [0.15, 0.2) is 5.75 Å². The fraction of sp³-hybridized carbons (Fsp3) is 0.143. The van der Waals surface area contributed by atoms with Gasteiger partial charge < -0.3 is 15.2 Å². The van der Waals surface area contributed by atoms with Crippen LogP contribution in [0, 0.1) is 0 Å². The van der Waals surface area contributed by atoms with Gasteiger partial charge in [-0.25, -0.2) is 14.5 Å². The highest BCUT2D eigenvalue weighted by Gasteiger charge is 2.10. The molecule has 118 valence electrons. The van der Waals surface area contributed by atoms with Crippen LogP contribution in [0.2, 0.25) is 0 Å². The minimum absolute atomic E-state index is 0.0303. The van der Waals surface area contributed by atoms with Gasteiger partial charge in [0.2, 0.25) is 5.95 Å². The number of fused-ring (bicyclic) bond motifs is 1. The first-order valence-electron chi connectivity index (χ1n) is 6.80. The van der Waals surface area contributed by atoms with Crippen molar-refractivity contribution in [1.29, 1.82) is 0 Å². The Morgan fingerprint density at radius 3 is 3.04 bits per heavy atom. The molecular formula is C14H13N5O4. The van der Waals surface area contributed by atoms with Gasteiger partial charge in [-0.05, 0) is 25.1 Å². The van der Waals surface area contributed by atoms with E-state index in [0.717, 1.165) is 12.2 Å². The quantitative estimate of drug-likeness (QED) is 0.625. The Morgan fingerprint density at radius 2 is 2.30 bits per heavy atom. The molecule has 9 heteroatoms. The summed E-state index contributed by atoms with van der Waals surface area (Å²) in [6.45, 7) is 2.71. The molecule has 0 spiro atoms. The van der Waals surface area contributed by atoms with Crippen molar-refractivity contribution in [3.8, 4) is 11.7 Å². The van der Waals surface area contributed by atoms with E-state index in [9.17, 15) is 9.59 Å². The van der Waals surface area contributed by atoms with Gasteiger partial charge in [0.05, 0.1) is 23.3 Å². The lowest BCUT2D eigenvalue weighted by molar-refractivity contribution is 0.144. The van der Waals surface area contributed by atoms with Crippen LogP contribution in [0.15, 0.2) is 35.4 Å². The number of anilines is 1. The van der Waals surface area contributed by atoms with Crippen molar-refractivity contribution < 1.29 is 14.6 Å². The van der Waals surface area contributed by atoms with Crippen molar-refractivity contribution in [3.63, 3.8) is 0 Å². The number of nitrogens with one attached hydrogen (secondary N) is 2. The number of hydrogen-bond acceptors (Lipinski definition) is 6. The first kappa shape index (κ1) is 14.6. The number of carbonyl (C=O) groups is 1. The van der Waals surface area contributed by atoms with Crippen molar-refractivity contribution in [2.24, 2.45) is 0 Å². The first-order chi connectivity index (χ1) is 11.1. The third-order valence-electron chi connectivity index (χ3n) is 3.05. The third-order valence-corrected chi connectivity index (χ3v) is 3.05. The Bertz CT molecular complexity index is 930. The summed E-state index contributed by atoms with van der Waals surface area (Å²) >= 11 is 0. The highest BCUT2D eigenvalue weighted by Crippen LogP contribution is 2.16. The molecule has 9 nitrogen and oxygen atoms in total.